The van der Waals surface area contributed by atoms with E-state index in [1.165, 1.54) is 42.0 Å². The molecule has 3 atom stereocenters. The fourth-order valence-corrected chi connectivity index (χ4v) is 4.94. The Balaban J connectivity index is 1.73. The number of fused-ring (bicyclic) bond motifs is 2. The zero-order valence-electron chi connectivity index (χ0n) is 12.4. The van der Waals surface area contributed by atoms with Gasteiger partial charge >= 0.3 is 0 Å². The maximum Gasteiger partial charge on any atom is 0.0416 e. The van der Waals surface area contributed by atoms with Crippen molar-refractivity contribution >= 4 is 11.3 Å². The van der Waals surface area contributed by atoms with Crippen molar-refractivity contribution in [3.8, 4) is 0 Å². The average molecular weight is 278 g/mol. The van der Waals surface area contributed by atoms with Crippen molar-refractivity contribution in [2.75, 3.05) is 6.54 Å². The van der Waals surface area contributed by atoms with E-state index in [1.54, 1.807) is 0 Å². The van der Waals surface area contributed by atoms with Gasteiger partial charge in [0.25, 0.3) is 0 Å². The summed E-state index contributed by atoms with van der Waals surface area (Å²) in [4.78, 5) is 5.70. The topological polar surface area (TPSA) is 15.3 Å². The van der Waals surface area contributed by atoms with Crippen LogP contribution in [0.3, 0.4) is 0 Å². The largest absolute Gasteiger partial charge is 0.311 e. The van der Waals surface area contributed by atoms with Crippen LogP contribution in [0, 0.1) is 6.92 Å². The highest BCUT2D eigenvalue weighted by Gasteiger charge is 2.37. The number of rotatable bonds is 4. The van der Waals surface area contributed by atoms with Gasteiger partial charge in [-0.3, -0.25) is 4.90 Å². The van der Waals surface area contributed by atoms with Crippen molar-refractivity contribution < 1.29 is 0 Å². The van der Waals surface area contributed by atoms with Crippen LogP contribution in [0.1, 0.15) is 55.3 Å². The molecule has 2 aliphatic heterocycles. The van der Waals surface area contributed by atoms with E-state index in [0.717, 1.165) is 18.1 Å². The molecule has 2 nitrogen and oxygen atoms in total. The van der Waals surface area contributed by atoms with Gasteiger partial charge in [0.1, 0.15) is 0 Å². The van der Waals surface area contributed by atoms with Crippen LogP contribution in [0.15, 0.2) is 12.1 Å². The zero-order valence-corrected chi connectivity index (χ0v) is 13.2. The molecule has 1 aromatic heterocycles. The summed E-state index contributed by atoms with van der Waals surface area (Å²) in [6.45, 7) is 8.09. The monoisotopic (exact) mass is 278 g/mol. The Morgan fingerprint density at radius 2 is 2.00 bits per heavy atom. The number of thiophene rings is 1. The minimum atomic E-state index is 0.575. The average Bonchev–Trinajstić information content (AvgIpc) is 2.97. The Hall–Kier alpha value is -0.380. The smallest absolute Gasteiger partial charge is 0.0416 e. The number of aryl methyl sites for hydroxylation is 1. The van der Waals surface area contributed by atoms with Gasteiger partial charge in [0, 0.05) is 33.9 Å². The van der Waals surface area contributed by atoms with Crippen LogP contribution in [0.2, 0.25) is 0 Å². The molecule has 2 fully saturated rings. The summed E-state index contributed by atoms with van der Waals surface area (Å²) < 4.78 is 0. The van der Waals surface area contributed by atoms with Crippen LogP contribution in [0.4, 0.5) is 0 Å². The first-order valence-corrected chi connectivity index (χ1v) is 8.57. The van der Waals surface area contributed by atoms with E-state index in [9.17, 15) is 0 Å². The van der Waals surface area contributed by atoms with Crippen molar-refractivity contribution in [2.45, 2.75) is 70.6 Å². The van der Waals surface area contributed by atoms with E-state index in [0.29, 0.717) is 6.04 Å². The van der Waals surface area contributed by atoms with E-state index in [1.807, 2.05) is 11.3 Å². The number of nitrogens with one attached hydrogen (secondary N) is 1. The lowest BCUT2D eigenvalue weighted by atomic mass is 9.96. The van der Waals surface area contributed by atoms with Gasteiger partial charge in [-0.15, -0.1) is 11.3 Å². The zero-order chi connectivity index (χ0) is 13.4. The molecule has 0 spiro atoms. The highest BCUT2D eigenvalue weighted by atomic mass is 32.1. The summed E-state index contributed by atoms with van der Waals surface area (Å²) in [7, 11) is 0. The molecular weight excluding hydrogens is 252 g/mol. The molecule has 3 unspecified atom stereocenters. The van der Waals surface area contributed by atoms with Gasteiger partial charge in [0.15, 0.2) is 0 Å². The second kappa shape index (κ2) is 5.55. The first-order chi connectivity index (χ1) is 9.17. The summed E-state index contributed by atoms with van der Waals surface area (Å²) >= 11 is 1.96. The highest BCUT2D eigenvalue weighted by Crippen LogP contribution is 2.35. The third-order valence-electron chi connectivity index (χ3n) is 4.95. The SMILES string of the molecule is CCN(C1CC2CCC(C1)N2)C(C)c1ccc(C)s1. The first-order valence-electron chi connectivity index (χ1n) is 7.75. The van der Waals surface area contributed by atoms with Crippen molar-refractivity contribution in [1.29, 1.82) is 0 Å². The summed E-state index contributed by atoms with van der Waals surface area (Å²) in [5.74, 6) is 0. The predicted molar refractivity (Wildman–Crippen MR) is 82.8 cm³/mol. The Kier molecular flexibility index (Phi) is 3.97. The number of piperidine rings is 1. The molecule has 3 rings (SSSR count). The fraction of sp³-hybridized carbons (Fsp3) is 0.750. The molecule has 3 heterocycles. The first kappa shape index (κ1) is 13.6. The van der Waals surface area contributed by atoms with Gasteiger partial charge in [0.05, 0.1) is 0 Å². The van der Waals surface area contributed by atoms with Gasteiger partial charge in [-0.25, -0.2) is 0 Å². The van der Waals surface area contributed by atoms with Gasteiger partial charge in [-0.1, -0.05) is 6.92 Å². The van der Waals surface area contributed by atoms with Crippen molar-refractivity contribution in [3.63, 3.8) is 0 Å². The summed E-state index contributed by atoms with van der Waals surface area (Å²) in [5, 5.41) is 3.76. The van der Waals surface area contributed by atoms with Crippen molar-refractivity contribution in [2.24, 2.45) is 0 Å². The van der Waals surface area contributed by atoms with Gasteiger partial charge in [0.2, 0.25) is 0 Å². The molecule has 2 bridgehead atoms. The highest BCUT2D eigenvalue weighted by molar-refractivity contribution is 7.12. The molecule has 0 amide bonds. The molecule has 0 radical (unpaired) electrons. The lowest BCUT2D eigenvalue weighted by molar-refractivity contribution is 0.109. The summed E-state index contributed by atoms with van der Waals surface area (Å²) in [6.07, 6.45) is 5.48. The van der Waals surface area contributed by atoms with Crippen LogP contribution in [0.5, 0.6) is 0 Å². The molecule has 0 aromatic carbocycles. The second-order valence-electron chi connectivity index (χ2n) is 6.22. The molecule has 106 valence electrons. The van der Waals surface area contributed by atoms with Crippen molar-refractivity contribution in [1.82, 2.24) is 10.2 Å². The maximum atomic E-state index is 3.76. The minimum absolute atomic E-state index is 0.575. The molecule has 0 saturated carbocycles. The molecular formula is C16H26N2S. The third kappa shape index (κ3) is 2.74. The lowest BCUT2D eigenvalue weighted by Crippen LogP contribution is -2.48. The minimum Gasteiger partial charge on any atom is -0.311 e. The quantitative estimate of drug-likeness (QED) is 0.903. The van der Waals surface area contributed by atoms with E-state index in [4.69, 9.17) is 0 Å². The Morgan fingerprint density at radius 1 is 1.32 bits per heavy atom. The fourth-order valence-electron chi connectivity index (χ4n) is 3.99. The van der Waals surface area contributed by atoms with Crippen LogP contribution in [0.25, 0.3) is 0 Å². The van der Waals surface area contributed by atoms with Gasteiger partial charge in [-0.2, -0.15) is 0 Å². The summed E-state index contributed by atoms with van der Waals surface area (Å²) in [6, 6.07) is 7.51. The predicted octanol–water partition coefficient (Wildman–Crippen LogP) is 3.72. The normalized spacial score (nSPS) is 31.9. The molecule has 2 saturated heterocycles. The van der Waals surface area contributed by atoms with Crippen LogP contribution < -0.4 is 5.32 Å². The molecule has 3 heteroatoms. The Labute approximate surface area is 121 Å². The van der Waals surface area contributed by atoms with Crippen molar-refractivity contribution in [3.05, 3.63) is 21.9 Å². The van der Waals surface area contributed by atoms with Crippen LogP contribution in [-0.2, 0) is 0 Å². The van der Waals surface area contributed by atoms with E-state index < -0.39 is 0 Å². The molecule has 0 aliphatic carbocycles. The van der Waals surface area contributed by atoms with E-state index in [-0.39, 0.29) is 0 Å². The lowest BCUT2D eigenvalue weighted by Gasteiger charge is -2.40. The van der Waals surface area contributed by atoms with E-state index in [2.05, 4.69) is 43.1 Å². The summed E-state index contributed by atoms with van der Waals surface area (Å²) in [5.41, 5.74) is 0. The number of hydrogen-bond donors (Lipinski definition) is 1. The number of hydrogen-bond acceptors (Lipinski definition) is 3. The third-order valence-corrected chi connectivity index (χ3v) is 6.12. The van der Waals surface area contributed by atoms with Crippen LogP contribution >= 0.6 is 11.3 Å². The molecule has 2 aliphatic rings. The van der Waals surface area contributed by atoms with Gasteiger partial charge < -0.3 is 5.32 Å². The molecule has 1 N–H and O–H groups in total. The number of nitrogens with zero attached hydrogens (tertiary/aromatic N) is 1. The maximum absolute atomic E-state index is 3.76. The second-order valence-corrected chi connectivity index (χ2v) is 7.54. The molecule has 19 heavy (non-hydrogen) atoms. The Bertz CT molecular complexity index is 416. The van der Waals surface area contributed by atoms with E-state index >= 15 is 0 Å². The van der Waals surface area contributed by atoms with Crippen LogP contribution in [-0.4, -0.2) is 29.6 Å². The van der Waals surface area contributed by atoms with Gasteiger partial charge in [-0.05, 0) is 58.2 Å². The Morgan fingerprint density at radius 3 is 2.53 bits per heavy atom. The standard InChI is InChI=1S/C16H26N2S/c1-4-18(12(3)16-8-5-11(2)19-16)15-9-13-6-7-14(10-15)17-13/h5,8,12-15,17H,4,6-7,9-10H2,1-3H3. The molecule has 1 aromatic rings.